The van der Waals surface area contributed by atoms with Crippen molar-refractivity contribution < 1.29 is 4.79 Å². The van der Waals surface area contributed by atoms with Gasteiger partial charge in [0.05, 0.1) is 6.54 Å². The first-order valence-electron chi connectivity index (χ1n) is 6.25. The van der Waals surface area contributed by atoms with Crippen molar-refractivity contribution in [2.75, 3.05) is 18.9 Å². The standard InChI is InChI=1S/C14H19BrN2O/c1-9-6-11(15)7-10(2)14(9)16-8-13(18)17(3)12-4-5-12/h6-7,12,16H,4-5,8H2,1-3H3. The van der Waals surface area contributed by atoms with E-state index in [4.69, 9.17) is 0 Å². The summed E-state index contributed by atoms with van der Waals surface area (Å²) in [5, 5.41) is 3.26. The second-order valence-corrected chi connectivity index (χ2v) is 5.92. The van der Waals surface area contributed by atoms with Crippen molar-refractivity contribution in [2.45, 2.75) is 32.7 Å². The highest BCUT2D eigenvalue weighted by Gasteiger charge is 2.29. The second kappa shape index (κ2) is 5.31. The summed E-state index contributed by atoms with van der Waals surface area (Å²) in [6.07, 6.45) is 2.30. The van der Waals surface area contributed by atoms with Gasteiger partial charge in [0.1, 0.15) is 0 Å². The molecule has 2 rings (SSSR count). The van der Waals surface area contributed by atoms with Crippen molar-refractivity contribution in [2.24, 2.45) is 0 Å². The molecule has 3 nitrogen and oxygen atoms in total. The maximum absolute atomic E-state index is 11.9. The van der Waals surface area contributed by atoms with Gasteiger partial charge in [0.15, 0.2) is 0 Å². The summed E-state index contributed by atoms with van der Waals surface area (Å²) in [7, 11) is 1.89. The molecule has 1 aliphatic carbocycles. The number of carbonyl (C=O) groups excluding carboxylic acids is 1. The molecule has 98 valence electrons. The van der Waals surface area contributed by atoms with Crippen molar-refractivity contribution >= 4 is 27.5 Å². The smallest absolute Gasteiger partial charge is 0.241 e. The Bertz CT molecular complexity index is 446. The van der Waals surface area contributed by atoms with Gasteiger partial charge >= 0.3 is 0 Å². The summed E-state index contributed by atoms with van der Waals surface area (Å²) in [6.45, 7) is 4.47. The van der Waals surface area contributed by atoms with Gasteiger partial charge in [0, 0.05) is 23.2 Å². The van der Waals surface area contributed by atoms with Crippen LogP contribution >= 0.6 is 15.9 Å². The molecule has 0 atom stereocenters. The quantitative estimate of drug-likeness (QED) is 0.927. The molecule has 18 heavy (non-hydrogen) atoms. The number of anilines is 1. The molecule has 0 radical (unpaired) electrons. The summed E-state index contributed by atoms with van der Waals surface area (Å²) in [6, 6.07) is 4.60. The fourth-order valence-electron chi connectivity index (χ4n) is 2.14. The normalized spacial score (nSPS) is 14.4. The predicted octanol–water partition coefficient (Wildman–Crippen LogP) is 3.10. The monoisotopic (exact) mass is 310 g/mol. The van der Waals surface area contributed by atoms with Gasteiger partial charge < -0.3 is 10.2 Å². The molecule has 0 aliphatic heterocycles. The number of amides is 1. The predicted molar refractivity (Wildman–Crippen MR) is 77.9 cm³/mol. The fraction of sp³-hybridized carbons (Fsp3) is 0.500. The van der Waals surface area contributed by atoms with Crippen LogP contribution in [0.25, 0.3) is 0 Å². The van der Waals surface area contributed by atoms with Gasteiger partial charge in [-0.15, -0.1) is 0 Å². The zero-order valence-corrected chi connectivity index (χ0v) is 12.7. The zero-order chi connectivity index (χ0) is 13.3. The average Bonchev–Trinajstić information content (AvgIpc) is 3.09. The third kappa shape index (κ3) is 3.05. The number of benzene rings is 1. The molecule has 0 aromatic heterocycles. The van der Waals surface area contributed by atoms with E-state index in [2.05, 4.69) is 47.2 Å². The molecule has 1 fully saturated rings. The lowest BCUT2D eigenvalue weighted by Crippen LogP contribution is -2.34. The molecule has 0 spiro atoms. The van der Waals surface area contributed by atoms with E-state index >= 15 is 0 Å². The fourth-order valence-corrected chi connectivity index (χ4v) is 2.83. The minimum absolute atomic E-state index is 0.166. The molecule has 1 N–H and O–H groups in total. The van der Waals surface area contributed by atoms with Crippen molar-refractivity contribution in [3.8, 4) is 0 Å². The second-order valence-electron chi connectivity index (χ2n) is 5.00. The maximum Gasteiger partial charge on any atom is 0.241 e. The van der Waals surface area contributed by atoms with Crippen LogP contribution in [0, 0.1) is 13.8 Å². The number of halogens is 1. The topological polar surface area (TPSA) is 32.3 Å². The summed E-state index contributed by atoms with van der Waals surface area (Å²) in [5.41, 5.74) is 3.38. The van der Waals surface area contributed by atoms with Crippen molar-refractivity contribution in [1.82, 2.24) is 4.90 Å². The highest BCUT2D eigenvalue weighted by atomic mass is 79.9. The van der Waals surface area contributed by atoms with E-state index < -0.39 is 0 Å². The van der Waals surface area contributed by atoms with Gasteiger partial charge in [-0.1, -0.05) is 15.9 Å². The van der Waals surface area contributed by atoms with E-state index in [0.717, 1.165) is 34.1 Å². The van der Waals surface area contributed by atoms with Crippen LogP contribution in [-0.2, 0) is 4.79 Å². The highest BCUT2D eigenvalue weighted by molar-refractivity contribution is 9.10. The van der Waals surface area contributed by atoms with Crippen molar-refractivity contribution in [3.05, 3.63) is 27.7 Å². The Balaban J connectivity index is 1.99. The largest absolute Gasteiger partial charge is 0.376 e. The number of nitrogens with zero attached hydrogens (tertiary/aromatic N) is 1. The van der Waals surface area contributed by atoms with Gasteiger partial charge in [0.25, 0.3) is 0 Å². The Labute approximate surface area is 117 Å². The Morgan fingerprint density at radius 3 is 2.44 bits per heavy atom. The van der Waals surface area contributed by atoms with E-state index in [1.807, 2.05) is 11.9 Å². The van der Waals surface area contributed by atoms with Gasteiger partial charge in [-0.05, 0) is 49.9 Å². The molecule has 0 bridgehead atoms. The minimum Gasteiger partial charge on any atom is -0.376 e. The van der Waals surface area contributed by atoms with E-state index in [1.54, 1.807) is 0 Å². The van der Waals surface area contributed by atoms with Gasteiger partial charge in [-0.3, -0.25) is 4.79 Å². The Morgan fingerprint density at radius 2 is 1.94 bits per heavy atom. The van der Waals surface area contributed by atoms with Crippen LogP contribution in [-0.4, -0.2) is 30.4 Å². The molecule has 1 aromatic rings. The van der Waals surface area contributed by atoms with Gasteiger partial charge in [0.2, 0.25) is 5.91 Å². The van der Waals surface area contributed by atoms with E-state index in [1.165, 1.54) is 0 Å². The average molecular weight is 311 g/mol. The van der Waals surface area contributed by atoms with Crippen LogP contribution in [0.15, 0.2) is 16.6 Å². The lowest BCUT2D eigenvalue weighted by Gasteiger charge is -2.18. The molecule has 0 saturated heterocycles. The van der Waals surface area contributed by atoms with Crippen LogP contribution in [0.3, 0.4) is 0 Å². The van der Waals surface area contributed by atoms with Gasteiger partial charge in [-0.2, -0.15) is 0 Å². The number of nitrogens with one attached hydrogen (secondary N) is 1. The van der Waals surface area contributed by atoms with Crippen LogP contribution < -0.4 is 5.32 Å². The van der Waals surface area contributed by atoms with E-state index in [0.29, 0.717) is 12.6 Å². The Hall–Kier alpha value is -1.03. The van der Waals surface area contributed by atoms with Gasteiger partial charge in [-0.25, -0.2) is 0 Å². The van der Waals surface area contributed by atoms with Crippen molar-refractivity contribution in [1.29, 1.82) is 0 Å². The number of hydrogen-bond donors (Lipinski definition) is 1. The Kier molecular flexibility index (Phi) is 3.95. The van der Waals surface area contributed by atoms with Crippen LogP contribution in [0.4, 0.5) is 5.69 Å². The van der Waals surface area contributed by atoms with E-state index in [-0.39, 0.29) is 5.91 Å². The zero-order valence-electron chi connectivity index (χ0n) is 11.1. The molecule has 1 aliphatic rings. The molecule has 4 heteroatoms. The highest BCUT2D eigenvalue weighted by Crippen LogP contribution is 2.27. The summed E-state index contributed by atoms with van der Waals surface area (Å²) in [5.74, 6) is 0.166. The lowest BCUT2D eigenvalue weighted by molar-refractivity contribution is -0.128. The molecular formula is C14H19BrN2O. The van der Waals surface area contributed by atoms with Crippen molar-refractivity contribution in [3.63, 3.8) is 0 Å². The molecule has 1 saturated carbocycles. The molecule has 0 heterocycles. The SMILES string of the molecule is Cc1cc(Br)cc(C)c1NCC(=O)N(C)C1CC1. The number of hydrogen-bond acceptors (Lipinski definition) is 2. The first-order valence-corrected chi connectivity index (χ1v) is 7.04. The maximum atomic E-state index is 11.9. The van der Waals surface area contributed by atoms with Crippen LogP contribution in [0.1, 0.15) is 24.0 Å². The first-order chi connectivity index (χ1) is 8.49. The number of aryl methyl sites for hydroxylation is 2. The third-order valence-electron chi connectivity index (χ3n) is 3.40. The molecular weight excluding hydrogens is 292 g/mol. The van der Waals surface area contributed by atoms with Crippen LogP contribution in [0.5, 0.6) is 0 Å². The molecule has 1 aromatic carbocycles. The summed E-state index contributed by atoms with van der Waals surface area (Å²) in [4.78, 5) is 13.8. The van der Waals surface area contributed by atoms with Crippen LogP contribution in [0.2, 0.25) is 0 Å². The number of rotatable bonds is 4. The first kappa shape index (κ1) is 13.4. The number of likely N-dealkylation sites (N-methyl/N-ethyl adjacent to an activating group) is 1. The summed E-state index contributed by atoms with van der Waals surface area (Å²) < 4.78 is 1.07. The minimum atomic E-state index is 0.166. The van der Waals surface area contributed by atoms with E-state index in [9.17, 15) is 4.79 Å². The number of carbonyl (C=O) groups is 1. The lowest BCUT2D eigenvalue weighted by atomic mass is 10.1. The molecule has 0 unspecified atom stereocenters. The molecule has 1 amide bonds. The summed E-state index contributed by atoms with van der Waals surface area (Å²) >= 11 is 3.47. The Morgan fingerprint density at radius 1 is 1.39 bits per heavy atom. The third-order valence-corrected chi connectivity index (χ3v) is 3.86.